The monoisotopic (exact) mass is 326 g/mol. The molecule has 5 heteroatoms. The molecule has 126 valence electrons. The summed E-state index contributed by atoms with van der Waals surface area (Å²) in [5, 5.41) is 0. The number of nitrogens with zero attached hydrogens (tertiary/aromatic N) is 1. The SMILES string of the molecule is COc1cccc(C(=O)N2CCC[C@@H](c3cc(=O)cc(C)[nH]3)C2)c1. The molecule has 0 unspecified atom stereocenters. The molecule has 2 aromatic rings. The molecule has 0 radical (unpaired) electrons. The lowest BCUT2D eigenvalue weighted by Crippen LogP contribution is -2.39. The van der Waals surface area contributed by atoms with E-state index in [-0.39, 0.29) is 17.3 Å². The van der Waals surface area contributed by atoms with Crippen molar-refractivity contribution in [1.82, 2.24) is 9.88 Å². The second-order valence-corrected chi connectivity index (χ2v) is 6.28. The van der Waals surface area contributed by atoms with Gasteiger partial charge >= 0.3 is 0 Å². The molecule has 1 amide bonds. The first-order valence-electron chi connectivity index (χ1n) is 8.21. The number of aromatic amines is 1. The molecule has 1 saturated heterocycles. The van der Waals surface area contributed by atoms with E-state index in [1.165, 1.54) is 0 Å². The van der Waals surface area contributed by atoms with Crippen molar-refractivity contribution in [1.29, 1.82) is 0 Å². The van der Waals surface area contributed by atoms with Crippen LogP contribution in [0.5, 0.6) is 5.75 Å². The lowest BCUT2D eigenvalue weighted by molar-refractivity contribution is 0.0705. The molecular formula is C19H22N2O3. The van der Waals surface area contributed by atoms with Crippen LogP contribution in [0.3, 0.4) is 0 Å². The molecule has 0 aliphatic carbocycles. The predicted octanol–water partition coefficient (Wildman–Crippen LogP) is 2.71. The molecule has 1 N–H and O–H groups in total. The highest BCUT2D eigenvalue weighted by atomic mass is 16.5. The number of carbonyl (C=O) groups is 1. The van der Waals surface area contributed by atoms with Crippen molar-refractivity contribution in [3.05, 3.63) is 63.6 Å². The van der Waals surface area contributed by atoms with E-state index in [0.29, 0.717) is 17.9 Å². The van der Waals surface area contributed by atoms with Gasteiger partial charge in [-0.25, -0.2) is 0 Å². The van der Waals surface area contributed by atoms with Crippen LogP contribution in [0.2, 0.25) is 0 Å². The molecule has 3 rings (SSSR count). The number of amides is 1. The third-order valence-corrected chi connectivity index (χ3v) is 4.46. The van der Waals surface area contributed by atoms with Crippen molar-refractivity contribution in [2.24, 2.45) is 0 Å². The van der Waals surface area contributed by atoms with Gasteiger partial charge in [0.1, 0.15) is 5.75 Å². The molecule has 0 spiro atoms. The number of carbonyl (C=O) groups excluding carboxylic acids is 1. The van der Waals surface area contributed by atoms with E-state index in [9.17, 15) is 9.59 Å². The van der Waals surface area contributed by atoms with E-state index in [1.807, 2.05) is 30.0 Å². The smallest absolute Gasteiger partial charge is 0.254 e. The van der Waals surface area contributed by atoms with Gasteiger partial charge in [0, 0.05) is 48.1 Å². The fraction of sp³-hybridized carbons (Fsp3) is 0.368. The standard InChI is InChI=1S/C19H22N2O3/c1-13-9-16(22)11-18(20-13)15-6-4-8-21(12-15)19(23)14-5-3-7-17(10-14)24-2/h3,5,7,9-11,15H,4,6,8,12H2,1-2H3,(H,20,22)/t15-/m1/s1. The second kappa shape index (κ2) is 6.91. The van der Waals surface area contributed by atoms with Crippen LogP contribution < -0.4 is 10.2 Å². The molecule has 24 heavy (non-hydrogen) atoms. The number of benzene rings is 1. The van der Waals surface area contributed by atoms with Crippen molar-refractivity contribution < 1.29 is 9.53 Å². The molecule has 1 aliphatic heterocycles. The summed E-state index contributed by atoms with van der Waals surface area (Å²) in [6, 6.07) is 10.5. The molecule has 1 fully saturated rings. The van der Waals surface area contributed by atoms with Crippen LogP contribution in [0.1, 0.15) is 40.5 Å². The van der Waals surface area contributed by atoms with Crippen LogP contribution in [-0.2, 0) is 0 Å². The molecule has 1 aromatic carbocycles. The quantitative estimate of drug-likeness (QED) is 0.943. The normalized spacial score (nSPS) is 17.6. The van der Waals surface area contributed by atoms with E-state index >= 15 is 0 Å². The summed E-state index contributed by atoms with van der Waals surface area (Å²) in [6.07, 6.45) is 1.90. The molecule has 0 bridgehead atoms. The second-order valence-electron chi connectivity index (χ2n) is 6.28. The number of hydrogen-bond donors (Lipinski definition) is 1. The fourth-order valence-electron chi connectivity index (χ4n) is 3.28. The number of aromatic nitrogens is 1. The van der Waals surface area contributed by atoms with Crippen molar-refractivity contribution in [3.8, 4) is 5.75 Å². The minimum absolute atomic E-state index is 0.00796. The number of pyridine rings is 1. The number of rotatable bonds is 3. The number of hydrogen-bond acceptors (Lipinski definition) is 3. The zero-order valence-electron chi connectivity index (χ0n) is 14.0. The van der Waals surface area contributed by atoms with Gasteiger partial charge in [-0.3, -0.25) is 9.59 Å². The van der Waals surface area contributed by atoms with Gasteiger partial charge in [-0.2, -0.15) is 0 Å². The lowest BCUT2D eigenvalue weighted by atomic mass is 9.93. The Morgan fingerprint density at radius 1 is 1.29 bits per heavy atom. The van der Waals surface area contributed by atoms with E-state index in [4.69, 9.17) is 4.74 Å². The first-order chi connectivity index (χ1) is 11.6. The average Bonchev–Trinajstić information content (AvgIpc) is 2.60. The van der Waals surface area contributed by atoms with Crippen LogP contribution in [0.15, 0.2) is 41.2 Å². The van der Waals surface area contributed by atoms with Gasteiger partial charge in [0.05, 0.1) is 7.11 Å². The Labute approximate surface area is 141 Å². The summed E-state index contributed by atoms with van der Waals surface area (Å²) < 4.78 is 5.20. The van der Waals surface area contributed by atoms with Crippen LogP contribution in [0.25, 0.3) is 0 Å². The highest BCUT2D eigenvalue weighted by Gasteiger charge is 2.26. The first kappa shape index (κ1) is 16.3. The summed E-state index contributed by atoms with van der Waals surface area (Å²) >= 11 is 0. The van der Waals surface area contributed by atoms with Gasteiger partial charge in [0.25, 0.3) is 5.91 Å². The minimum Gasteiger partial charge on any atom is -0.497 e. The van der Waals surface area contributed by atoms with Gasteiger partial charge in [-0.15, -0.1) is 0 Å². The summed E-state index contributed by atoms with van der Waals surface area (Å²) in [7, 11) is 1.59. The Bertz CT molecular complexity index is 797. The molecule has 1 aromatic heterocycles. The van der Waals surface area contributed by atoms with Crippen LogP contribution in [-0.4, -0.2) is 36.0 Å². The Kier molecular flexibility index (Phi) is 4.69. The number of nitrogens with one attached hydrogen (secondary N) is 1. The average molecular weight is 326 g/mol. The zero-order valence-corrected chi connectivity index (χ0v) is 14.0. The molecular weight excluding hydrogens is 304 g/mol. The van der Waals surface area contributed by atoms with Gasteiger partial charge in [0.2, 0.25) is 0 Å². The van der Waals surface area contributed by atoms with Crippen molar-refractivity contribution in [2.45, 2.75) is 25.7 Å². The number of ether oxygens (including phenoxy) is 1. The summed E-state index contributed by atoms with van der Waals surface area (Å²) in [5.41, 5.74) is 2.42. The molecule has 0 saturated carbocycles. The summed E-state index contributed by atoms with van der Waals surface area (Å²) in [6.45, 7) is 3.24. The zero-order chi connectivity index (χ0) is 17.1. The van der Waals surface area contributed by atoms with E-state index < -0.39 is 0 Å². The van der Waals surface area contributed by atoms with Gasteiger partial charge in [-0.05, 0) is 38.0 Å². The number of likely N-dealkylation sites (tertiary alicyclic amines) is 1. The van der Waals surface area contributed by atoms with Gasteiger partial charge in [0.15, 0.2) is 5.43 Å². The Balaban J connectivity index is 1.79. The molecule has 2 heterocycles. The number of H-pyrrole nitrogens is 1. The van der Waals surface area contributed by atoms with Gasteiger partial charge in [-0.1, -0.05) is 6.07 Å². The minimum atomic E-state index is 0.00796. The predicted molar refractivity (Wildman–Crippen MR) is 92.7 cm³/mol. The Morgan fingerprint density at radius 3 is 2.88 bits per heavy atom. The third kappa shape index (κ3) is 3.50. The molecule has 1 atom stereocenters. The maximum atomic E-state index is 12.8. The van der Waals surface area contributed by atoms with Crippen LogP contribution >= 0.6 is 0 Å². The number of piperidine rings is 1. The highest BCUT2D eigenvalue weighted by molar-refractivity contribution is 5.94. The van der Waals surface area contributed by atoms with Crippen LogP contribution in [0.4, 0.5) is 0 Å². The first-order valence-corrected chi connectivity index (χ1v) is 8.21. The Morgan fingerprint density at radius 2 is 2.12 bits per heavy atom. The van der Waals surface area contributed by atoms with E-state index in [2.05, 4.69) is 4.98 Å². The van der Waals surface area contributed by atoms with Crippen LogP contribution in [0, 0.1) is 6.92 Å². The van der Waals surface area contributed by atoms with Crippen molar-refractivity contribution in [3.63, 3.8) is 0 Å². The third-order valence-electron chi connectivity index (χ3n) is 4.46. The topological polar surface area (TPSA) is 62.4 Å². The van der Waals surface area contributed by atoms with Crippen molar-refractivity contribution >= 4 is 5.91 Å². The number of aryl methyl sites for hydroxylation is 1. The maximum Gasteiger partial charge on any atom is 0.254 e. The molecule has 1 aliphatic rings. The number of methoxy groups -OCH3 is 1. The van der Waals surface area contributed by atoms with E-state index in [1.54, 1.807) is 25.3 Å². The summed E-state index contributed by atoms with van der Waals surface area (Å²) in [4.78, 5) is 29.7. The van der Waals surface area contributed by atoms with E-state index in [0.717, 1.165) is 30.8 Å². The molecule has 5 nitrogen and oxygen atoms in total. The lowest BCUT2D eigenvalue weighted by Gasteiger charge is -2.33. The summed E-state index contributed by atoms with van der Waals surface area (Å²) in [5.74, 6) is 0.854. The highest BCUT2D eigenvalue weighted by Crippen LogP contribution is 2.26. The van der Waals surface area contributed by atoms with Crippen molar-refractivity contribution in [2.75, 3.05) is 20.2 Å². The Hall–Kier alpha value is -2.56. The largest absolute Gasteiger partial charge is 0.497 e. The maximum absolute atomic E-state index is 12.8. The fourth-order valence-corrected chi connectivity index (χ4v) is 3.28. The van der Waals surface area contributed by atoms with Gasteiger partial charge < -0.3 is 14.6 Å².